The predicted octanol–water partition coefficient (Wildman–Crippen LogP) is 3.18. The molecule has 3 nitrogen and oxygen atoms in total. The molecule has 0 atom stereocenters. The molecule has 0 aliphatic carbocycles. The maximum absolute atomic E-state index is 5.26. The molecule has 1 N–H and O–H groups in total. The predicted molar refractivity (Wildman–Crippen MR) is 64.0 cm³/mol. The van der Waals surface area contributed by atoms with Crippen molar-refractivity contribution < 1.29 is 4.74 Å². The summed E-state index contributed by atoms with van der Waals surface area (Å²) >= 11 is 6.80. The van der Waals surface area contributed by atoms with Crippen molar-refractivity contribution in [2.75, 3.05) is 7.11 Å². The average Bonchev–Trinajstić information content (AvgIpc) is 2.64. The van der Waals surface area contributed by atoms with Gasteiger partial charge in [0, 0.05) is 10.4 Å². The molecule has 5 heteroatoms. The topological polar surface area (TPSA) is 37.9 Å². The lowest BCUT2D eigenvalue weighted by Crippen LogP contribution is -1.93. The molecule has 2 rings (SSSR count). The second-order valence-electron chi connectivity index (χ2n) is 3.01. The zero-order valence-electron chi connectivity index (χ0n) is 8.40. The standard InChI is InChI=1S/C10H10N2OS2/c1-6-7(3-4-15-6)8-9(13-2)10(14)12-5-11-8/h3-5H,1-2H3,(H,11,12,14). The number of nitrogens with one attached hydrogen (secondary N) is 1. The van der Waals surface area contributed by atoms with E-state index in [9.17, 15) is 0 Å². The molecule has 0 amide bonds. The van der Waals surface area contributed by atoms with Crippen LogP contribution in [-0.4, -0.2) is 17.1 Å². The zero-order valence-corrected chi connectivity index (χ0v) is 10.0. The van der Waals surface area contributed by atoms with E-state index in [1.807, 2.05) is 11.4 Å². The van der Waals surface area contributed by atoms with Gasteiger partial charge in [0.25, 0.3) is 0 Å². The van der Waals surface area contributed by atoms with Crippen LogP contribution in [0.25, 0.3) is 11.3 Å². The smallest absolute Gasteiger partial charge is 0.179 e. The van der Waals surface area contributed by atoms with Crippen LogP contribution >= 0.6 is 23.6 Å². The Balaban J connectivity index is 2.68. The van der Waals surface area contributed by atoms with E-state index in [4.69, 9.17) is 17.0 Å². The Bertz CT molecular complexity index is 530. The third kappa shape index (κ3) is 1.80. The van der Waals surface area contributed by atoms with Crippen molar-refractivity contribution in [3.63, 3.8) is 0 Å². The van der Waals surface area contributed by atoms with Crippen molar-refractivity contribution in [2.45, 2.75) is 6.92 Å². The summed E-state index contributed by atoms with van der Waals surface area (Å²) in [6, 6.07) is 2.04. The molecule has 2 aromatic heterocycles. The van der Waals surface area contributed by atoms with Gasteiger partial charge in [-0.3, -0.25) is 0 Å². The zero-order chi connectivity index (χ0) is 10.8. The Morgan fingerprint density at radius 2 is 2.33 bits per heavy atom. The van der Waals surface area contributed by atoms with Crippen LogP contribution in [-0.2, 0) is 0 Å². The Hall–Kier alpha value is -1.20. The van der Waals surface area contributed by atoms with Gasteiger partial charge in [-0.25, -0.2) is 4.98 Å². The number of thiophene rings is 1. The Morgan fingerprint density at radius 3 is 2.93 bits per heavy atom. The number of rotatable bonds is 2. The van der Waals surface area contributed by atoms with Gasteiger partial charge < -0.3 is 9.72 Å². The number of hydrogen-bond acceptors (Lipinski definition) is 4. The highest BCUT2D eigenvalue weighted by Crippen LogP contribution is 2.32. The summed E-state index contributed by atoms with van der Waals surface area (Å²) in [5.74, 6) is 0.633. The fourth-order valence-electron chi connectivity index (χ4n) is 1.42. The van der Waals surface area contributed by atoms with E-state index in [0.717, 1.165) is 11.3 Å². The minimum Gasteiger partial charge on any atom is -0.491 e. The van der Waals surface area contributed by atoms with Gasteiger partial charge in [-0.15, -0.1) is 11.3 Å². The molecule has 0 unspecified atom stereocenters. The summed E-state index contributed by atoms with van der Waals surface area (Å²) in [6.07, 6.45) is 1.59. The van der Waals surface area contributed by atoms with E-state index < -0.39 is 0 Å². The van der Waals surface area contributed by atoms with Crippen molar-refractivity contribution in [2.24, 2.45) is 0 Å². The molecule has 2 heterocycles. The summed E-state index contributed by atoms with van der Waals surface area (Å²) in [5.41, 5.74) is 2.02. The number of aromatic nitrogens is 2. The first-order valence-corrected chi connectivity index (χ1v) is 5.69. The quantitative estimate of drug-likeness (QED) is 0.816. The molecule has 0 aromatic carbocycles. The molecule has 78 valence electrons. The van der Waals surface area contributed by atoms with Crippen molar-refractivity contribution in [3.8, 4) is 17.0 Å². The van der Waals surface area contributed by atoms with Crippen LogP contribution in [0.5, 0.6) is 5.75 Å². The highest BCUT2D eigenvalue weighted by atomic mass is 32.1. The molecule has 0 fully saturated rings. The highest BCUT2D eigenvalue weighted by molar-refractivity contribution is 7.71. The molecule has 0 aliphatic rings. The third-order valence-electron chi connectivity index (χ3n) is 2.14. The van der Waals surface area contributed by atoms with E-state index in [1.165, 1.54) is 4.88 Å². The van der Waals surface area contributed by atoms with E-state index >= 15 is 0 Å². The van der Waals surface area contributed by atoms with Gasteiger partial charge in [-0.1, -0.05) is 12.2 Å². The van der Waals surface area contributed by atoms with Crippen LogP contribution in [0.1, 0.15) is 4.88 Å². The molecular formula is C10H10N2OS2. The fourth-order valence-corrected chi connectivity index (χ4v) is 2.36. The molecule has 2 aromatic rings. The minimum absolute atomic E-state index is 0.483. The Kier molecular flexibility index (Phi) is 2.83. The van der Waals surface area contributed by atoms with Crippen LogP contribution in [0, 0.1) is 11.6 Å². The van der Waals surface area contributed by atoms with Gasteiger partial charge >= 0.3 is 0 Å². The molecular weight excluding hydrogens is 228 g/mol. The summed E-state index contributed by atoms with van der Waals surface area (Å²) in [5, 5.41) is 2.04. The Morgan fingerprint density at radius 1 is 1.53 bits per heavy atom. The second-order valence-corrected chi connectivity index (χ2v) is 4.51. The van der Waals surface area contributed by atoms with Gasteiger partial charge in [0.1, 0.15) is 0 Å². The average molecular weight is 238 g/mol. The van der Waals surface area contributed by atoms with Crippen molar-refractivity contribution in [3.05, 3.63) is 27.3 Å². The maximum Gasteiger partial charge on any atom is 0.179 e. The van der Waals surface area contributed by atoms with E-state index in [0.29, 0.717) is 10.4 Å². The first-order valence-electron chi connectivity index (χ1n) is 4.40. The molecule has 0 bridgehead atoms. The second kappa shape index (κ2) is 4.12. The van der Waals surface area contributed by atoms with Gasteiger partial charge in [0.2, 0.25) is 0 Å². The highest BCUT2D eigenvalue weighted by Gasteiger charge is 2.11. The largest absolute Gasteiger partial charge is 0.491 e. The van der Waals surface area contributed by atoms with Gasteiger partial charge in [0.15, 0.2) is 10.4 Å². The number of aromatic amines is 1. The molecule has 15 heavy (non-hydrogen) atoms. The van der Waals surface area contributed by atoms with Crippen LogP contribution in [0.4, 0.5) is 0 Å². The van der Waals surface area contributed by atoms with E-state index in [2.05, 4.69) is 16.9 Å². The van der Waals surface area contributed by atoms with Crippen LogP contribution in [0.3, 0.4) is 0 Å². The van der Waals surface area contributed by atoms with E-state index in [1.54, 1.807) is 24.8 Å². The molecule has 0 aliphatic heterocycles. The SMILES string of the molecule is COc1c(-c2ccsc2C)[nH]cnc1=S. The normalized spacial score (nSPS) is 10.3. The lowest BCUT2D eigenvalue weighted by atomic mass is 10.2. The number of H-pyrrole nitrogens is 1. The van der Waals surface area contributed by atoms with Crippen LogP contribution in [0.2, 0.25) is 0 Å². The Labute approximate surface area is 96.8 Å². The fraction of sp³-hybridized carbons (Fsp3) is 0.200. The van der Waals surface area contributed by atoms with Crippen molar-refractivity contribution in [1.29, 1.82) is 0 Å². The summed E-state index contributed by atoms with van der Waals surface area (Å²) in [6.45, 7) is 2.07. The first kappa shape index (κ1) is 10.3. The monoisotopic (exact) mass is 238 g/mol. The summed E-state index contributed by atoms with van der Waals surface area (Å²) < 4.78 is 5.74. The van der Waals surface area contributed by atoms with E-state index in [-0.39, 0.29) is 0 Å². The number of methoxy groups -OCH3 is 1. The minimum atomic E-state index is 0.483. The third-order valence-corrected chi connectivity index (χ3v) is 3.28. The molecule has 0 saturated carbocycles. The molecule has 0 radical (unpaired) electrons. The number of ether oxygens (including phenoxy) is 1. The molecule has 0 saturated heterocycles. The van der Waals surface area contributed by atoms with Crippen molar-refractivity contribution >= 4 is 23.6 Å². The lowest BCUT2D eigenvalue weighted by molar-refractivity contribution is 0.411. The van der Waals surface area contributed by atoms with Gasteiger partial charge in [-0.2, -0.15) is 0 Å². The number of nitrogens with zero attached hydrogens (tertiary/aromatic N) is 1. The summed E-state index contributed by atoms with van der Waals surface area (Å²) in [7, 11) is 1.60. The first-order chi connectivity index (χ1) is 7.24. The van der Waals surface area contributed by atoms with Crippen molar-refractivity contribution in [1.82, 2.24) is 9.97 Å². The van der Waals surface area contributed by atoms with Gasteiger partial charge in [-0.05, 0) is 18.4 Å². The van der Waals surface area contributed by atoms with Crippen LogP contribution in [0.15, 0.2) is 17.8 Å². The van der Waals surface area contributed by atoms with Crippen LogP contribution < -0.4 is 4.74 Å². The summed E-state index contributed by atoms with van der Waals surface area (Å²) in [4.78, 5) is 8.29. The number of aryl methyl sites for hydroxylation is 1. The lowest BCUT2D eigenvalue weighted by Gasteiger charge is -2.06. The maximum atomic E-state index is 5.26. The molecule has 0 spiro atoms. The number of hydrogen-bond donors (Lipinski definition) is 1. The van der Waals surface area contributed by atoms with Gasteiger partial charge in [0.05, 0.1) is 19.1 Å².